The second-order valence-electron chi connectivity index (χ2n) is 2.81. The van der Waals surface area contributed by atoms with Crippen LogP contribution in [0.3, 0.4) is 0 Å². The van der Waals surface area contributed by atoms with Gasteiger partial charge in [-0.15, -0.1) is 0 Å². The molecule has 0 aliphatic heterocycles. The minimum absolute atomic E-state index is 0.481. The van der Waals surface area contributed by atoms with Gasteiger partial charge < -0.3 is 5.73 Å². The van der Waals surface area contributed by atoms with Crippen LogP contribution in [0.1, 0.15) is 0 Å². The van der Waals surface area contributed by atoms with Crippen molar-refractivity contribution in [3.63, 3.8) is 0 Å². The van der Waals surface area contributed by atoms with Crippen LogP contribution in [-0.4, -0.2) is 63.6 Å². The van der Waals surface area contributed by atoms with E-state index in [1.165, 1.54) is 0 Å². The summed E-state index contributed by atoms with van der Waals surface area (Å²) in [6.45, 7) is 3.09. The summed E-state index contributed by atoms with van der Waals surface area (Å²) in [5, 5.41) is 0. The summed E-state index contributed by atoms with van der Waals surface area (Å²) >= 11 is 0. The lowest BCUT2D eigenvalue weighted by atomic mass is 10.6. The lowest BCUT2D eigenvalue weighted by molar-refractivity contribution is -0.113. The number of primary amides is 1. The molecule has 0 aromatic rings. The van der Waals surface area contributed by atoms with Crippen molar-refractivity contribution in [2.24, 2.45) is 5.73 Å². The van der Waals surface area contributed by atoms with E-state index in [0.29, 0.717) is 18.8 Å². The average molecular weight is 359 g/mol. The van der Waals surface area contributed by atoms with E-state index in [2.05, 4.69) is 12.3 Å². The fourth-order valence-electron chi connectivity index (χ4n) is 0. The zero-order valence-electron chi connectivity index (χ0n) is 10.8. The number of carbonyl (C=O) groups excluding carboxylic acids is 1. The van der Waals surface area contributed by atoms with Gasteiger partial charge in [-0.1, -0.05) is 6.58 Å². The largest absolute Gasteiger partial charge is 0.366 e. The number of hydrogen-bond donors (Lipinski definition) is 4. The molecule has 0 aromatic heterocycles. The third kappa shape index (κ3) is 4870. The second kappa shape index (κ2) is 11.7. The molecule has 20 heavy (non-hydrogen) atoms. The molecular weight excluding hydrogens is 342 g/mol. The Kier molecular flexibility index (Phi) is 16.0. The molecule has 11 nitrogen and oxygen atoms in total. The van der Waals surface area contributed by atoms with Crippen LogP contribution in [0.2, 0.25) is 0 Å². The van der Waals surface area contributed by atoms with E-state index in [-0.39, 0.29) is 0 Å². The smallest absolute Gasteiger partial charge is 0.261 e. The van der Waals surface area contributed by atoms with E-state index in [1.807, 2.05) is 0 Å². The molecule has 0 bridgehead atoms. The van der Waals surface area contributed by atoms with Crippen molar-refractivity contribution in [2.45, 2.75) is 0 Å². The molecule has 1 amide bonds. The molecule has 0 spiro atoms. The minimum Gasteiger partial charge on any atom is -0.366 e. The van der Waals surface area contributed by atoms with Crippen LogP contribution in [0.5, 0.6) is 0 Å². The predicted molar refractivity (Wildman–Crippen MR) is 71.8 cm³/mol. The molecule has 0 unspecified atom stereocenters. The van der Waals surface area contributed by atoms with Crippen LogP contribution in [-0.2, 0) is 35.1 Å². The fraction of sp³-hybridized carbons (Fsp3) is 0.500. The molecule has 0 saturated heterocycles. The maximum atomic E-state index is 9.47. The first-order valence-corrected chi connectivity index (χ1v) is 9.51. The first-order chi connectivity index (χ1) is 8.27. The normalized spacial score (nSPS) is 10.3. The van der Waals surface area contributed by atoms with Crippen LogP contribution < -0.4 is 5.73 Å². The molecule has 0 rings (SSSR count). The Balaban J connectivity index is -0.0000000853. The maximum Gasteiger partial charge on any atom is 0.261 e. The molecule has 0 aliphatic carbocycles. The Morgan fingerprint density at radius 3 is 0.900 bits per heavy atom. The number of rotatable bonds is 1. The van der Waals surface area contributed by atoms with E-state index >= 15 is 0 Å². The third-order valence-corrected chi connectivity index (χ3v) is 0.201. The second-order valence-corrected chi connectivity index (χ2v) is 7.20. The zero-order chi connectivity index (χ0) is 17.8. The van der Waals surface area contributed by atoms with Crippen LogP contribution in [0.15, 0.2) is 12.7 Å². The van der Waals surface area contributed by atoms with E-state index in [1.54, 1.807) is 0 Å². The molecular formula is C6H17NO10S3. The number of carbonyl (C=O) groups is 1. The third-order valence-electron chi connectivity index (χ3n) is 0.201. The Morgan fingerprint density at radius 1 is 0.850 bits per heavy atom. The van der Waals surface area contributed by atoms with Gasteiger partial charge in [-0.2, -0.15) is 25.3 Å². The van der Waals surface area contributed by atoms with Crippen molar-refractivity contribution in [3.05, 3.63) is 12.7 Å². The Hall–Kier alpha value is -1.06. The van der Waals surface area contributed by atoms with Crippen LogP contribution in [0, 0.1) is 0 Å². The maximum absolute atomic E-state index is 9.47. The minimum atomic E-state index is -3.67. The summed E-state index contributed by atoms with van der Waals surface area (Å²) in [7, 11) is -11.0. The van der Waals surface area contributed by atoms with E-state index in [0.717, 1.165) is 6.08 Å². The molecule has 14 heteroatoms. The van der Waals surface area contributed by atoms with E-state index in [4.69, 9.17) is 13.7 Å². The monoisotopic (exact) mass is 359 g/mol. The predicted octanol–water partition coefficient (Wildman–Crippen LogP) is -1.83. The van der Waals surface area contributed by atoms with Crippen LogP contribution >= 0.6 is 0 Å². The highest BCUT2D eigenvalue weighted by molar-refractivity contribution is 7.85. The summed E-state index contributed by atoms with van der Waals surface area (Å²) in [4.78, 5) is 9.47. The van der Waals surface area contributed by atoms with Gasteiger partial charge in [0.1, 0.15) is 0 Å². The highest BCUT2D eigenvalue weighted by atomic mass is 32.2. The van der Waals surface area contributed by atoms with Gasteiger partial charge in [0.15, 0.2) is 0 Å². The quantitative estimate of drug-likeness (QED) is 0.304. The molecule has 0 atom stereocenters. The van der Waals surface area contributed by atoms with E-state index < -0.39 is 36.3 Å². The summed E-state index contributed by atoms with van der Waals surface area (Å²) in [5.74, 6) is -0.481. The Bertz CT molecular complexity index is 475. The zero-order valence-corrected chi connectivity index (χ0v) is 13.2. The lowest BCUT2D eigenvalue weighted by Crippen LogP contribution is -2.04. The highest BCUT2D eigenvalue weighted by Crippen LogP contribution is 1.61. The molecule has 124 valence electrons. The number of hydrogen-bond acceptors (Lipinski definition) is 7. The van der Waals surface area contributed by atoms with Gasteiger partial charge in [0.05, 0.1) is 18.8 Å². The molecule has 0 radical (unpaired) electrons. The Labute approximate surface area is 117 Å². The van der Waals surface area contributed by atoms with Gasteiger partial charge in [-0.25, -0.2) is 0 Å². The van der Waals surface area contributed by atoms with Crippen molar-refractivity contribution >= 4 is 36.3 Å². The van der Waals surface area contributed by atoms with Gasteiger partial charge >= 0.3 is 0 Å². The van der Waals surface area contributed by atoms with E-state index in [9.17, 15) is 30.0 Å². The van der Waals surface area contributed by atoms with Crippen LogP contribution in [0.4, 0.5) is 0 Å². The fourth-order valence-corrected chi connectivity index (χ4v) is 0. The Morgan fingerprint density at radius 2 is 0.900 bits per heavy atom. The van der Waals surface area contributed by atoms with Crippen molar-refractivity contribution < 1.29 is 43.7 Å². The van der Waals surface area contributed by atoms with Gasteiger partial charge in [-0.05, 0) is 6.08 Å². The van der Waals surface area contributed by atoms with Crippen molar-refractivity contribution in [1.29, 1.82) is 0 Å². The highest BCUT2D eigenvalue weighted by Gasteiger charge is 1.82. The standard InChI is InChI=1S/C3H5NO.3CH4O3S/c1-2-3(4)5;3*1-5(2,3)4/h2H,1H2,(H2,4,5);3*1H3,(H,2,3,4). The molecule has 5 N–H and O–H groups in total. The van der Waals surface area contributed by atoms with Crippen molar-refractivity contribution in [3.8, 4) is 0 Å². The van der Waals surface area contributed by atoms with Crippen molar-refractivity contribution in [2.75, 3.05) is 18.8 Å². The van der Waals surface area contributed by atoms with Gasteiger partial charge in [-0.3, -0.25) is 18.5 Å². The first kappa shape index (κ1) is 27.3. The molecule has 0 aliphatic rings. The van der Waals surface area contributed by atoms with Gasteiger partial charge in [0.2, 0.25) is 5.91 Å². The van der Waals surface area contributed by atoms with Gasteiger partial charge in [0, 0.05) is 0 Å². The molecule has 0 aromatic carbocycles. The topological polar surface area (TPSA) is 206 Å². The lowest BCUT2D eigenvalue weighted by Gasteiger charge is -1.69. The van der Waals surface area contributed by atoms with Gasteiger partial charge in [0.25, 0.3) is 30.4 Å². The summed E-state index contributed by atoms with van der Waals surface area (Å²) in [6, 6.07) is 0. The summed E-state index contributed by atoms with van der Waals surface area (Å²) in [5.41, 5.74) is 4.53. The van der Waals surface area contributed by atoms with Crippen molar-refractivity contribution in [1.82, 2.24) is 0 Å². The summed E-state index contributed by atoms with van der Waals surface area (Å²) in [6.07, 6.45) is 3.20. The molecule has 0 saturated carbocycles. The number of amides is 1. The summed E-state index contributed by atoms with van der Waals surface area (Å²) < 4.78 is 77.6. The average Bonchev–Trinajstić information content (AvgIpc) is 1.93. The van der Waals surface area contributed by atoms with Crippen LogP contribution in [0.25, 0.3) is 0 Å². The number of nitrogens with two attached hydrogens (primary N) is 1. The first-order valence-electron chi connectivity index (χ1n) is 3.96. The molecule has 0 fully saturated rings. The molecule has 0 heterocycles. The SMILES string of the molecule is C=CC(N)=O.CS(=O)(=O)O.CS(=O)(=O)O.CS(=O)(=O)O.